The van der Waals surface area contributed by atoms with Crippen LogP contribution in [-0.4, -0.2) is 20.5 Å². The van der Waals surface area contributed by atoms with Crippen LogP contribution in [0, 0.1) is 5.82 Å². The summed E-state index contributed by atoms with van der Waals surface area (Å²) in [5.41, 5.74) is 0.964. The van der Waals surface area contributed by atoms with Gasteiger partial charge in [0.25, 0.3) is 0 Å². The number of nitrogens with zero attached hydrogens (tertiary/aromatic N) is 2. The van der Waals surface area contributed by atoms with Crippen LogP contribution in [0.3, 0.4) is 0 Å². The first-order chi connectivity index (χ1) is 6.65. The fraction of sp³-hybridized carbons (Fsp3) is 0.111. The van der Waals surface area contributed by atoms with Crippen LogP contribution in [0.4, 0.5) is 4.39 Å². The smallest absolute Gasteiger partial charge is 0.309 e. The van der Waals surface area contributed by atoms with E-state index < -0.39 is 5.97 Å². The monoisotopic (exact) mass is 230 g/mol. The molecule has 0 amide bonds. The van der Waals surface area contributed by atoms with Gasteiger partial charge in [-0.25, -0.2) is 9.37 Å². The quantitative estimate of drug-likeness (QED) is 0.851. The van der Waals surface area contributed by atoms with E-state index in [2.05, 4.69) is 4.98 Å². The van der Waals surface area contributed by atoms with Crippen molar-refractivity contribution in [3.63, 3.8) is 0 Å². The number of hydrogen-bond donors (Lipinski definition) is 1. The van der Waals surface area contributed by atoms with Crippen molar-refractivity contribution < 1.29 is 14.3 Å². The molecule has 4 nitrogen and oxygen atoms in total. The van der Waals surface area contributed by atoms with Crippen LogP contribution in [0.15, 0.2) is 24.5 Å². The van der Waals surface area contributed by atoms with Crippen LogP contribution in [-0.2, 0) is 11.2 Å². The number of hydrogen-bond acceptors (Lipinski definition) is 2. The highest BCUT2D eigenvalue weighted by molar-refractivity contribution is 5.85. The Morgan fingerprint density at radius 3 is 2.87 bits per heavy atom. The number of carbonyl (C=O) groups is 1. The SMILES string of the molecule is Cl.O=C(O)Cc1cn2cc(F)ccc2n1. The Morgan fingerprint density at radius 1 is 1.47 bits per heavy atom. The summed E-state index contributed by atoms with van der Waals surface area (Å²) in [6.45, 7) is 0. The van der Waals surface area contributed by atoms with Crippen molar-refractivity contribution in [3.05, 3.63) is 36.0 Å². The first-order valence-electron chi connectivity index (χ1n) is 4.00. The predicted octanol–water partition coefficient (Wildman–Crippen LogP) is 1.52. The lowest BCUT2D eigenvalue weighted by atomic mass is 10.3. The Bertz CT molecular complexity index is 498. The van der Waals surface area contributed by atoms with Gasteiger partial charge in [-0.3, -0.25) is 4.79 Å². The van der Waals surface area contributed by atoms with Gasteiger partial charge in [0.1, 0.15) is 11.5 Å². The molecule has 0 aliphatic heterocycles. The molecule has 0 radical (unpaired) electrons. The average Bonchev–Trinajstić information content (AvgIpc) is 2.44. The normalized spacial score (nSPS) is 9.93. The van der Waals surface area contributed by atoms with Crippen molar-refractivity contribution in [1.82, 2.24) is 9.38 Å². The van der Waals surface area contributed by atoms with Crippen LogP contribution >= 0.6 is 12.4 Å². The van der Waals surface area contributed by atoms with Gasteiger partial charge >= 0.3 is 5.97 Å². The third-order valence-electron chi connectivity index (χ3n) is 1.80. The van der Waals surface area contributed by atoms with Gasteiger partial charge in [0.2, 0.25) is 0 Å². The van der Waals surface area contributed by atoms with Crippen molar-refractivity contribution >= 4 is 24.0 Å². The average molecular weight is 231 g/mol. The lowest BCUT2D eigenvalue weighted by Gasteiger charge is -1.90. The minimum atomic E-state index is -0.950. The number of rotatable bonds is 2. The van der Waals surface area contributed by atoms with E-state index in [1.165, 1.54) is 28.9 Å². The Labute approximate surface area is 90.8 Å². The molecule has 80 valence electrons. The molecule has 1 N–H and O–H groups in total. The minimum Gasteiger partial charge on any atom is -0.481 e. The van der Waals surface area contributed by atoms with Gasteiger partial charge < -0.3 is 9.51 Å². The van der Waals surface area contributed by atoms with E-state index >= 15 is 0 Å². The van der Waals surface area contributed by atoms with Crippen molar-refractivity contribution in [2.45, 2.75) is 6.42 Å². The summed E-state index contributed by atoms with van der Waals surface area (Å²) in [5, 5.41) is 8.52. The fourth-order valence-electron chi connectivity index (χ4n) is 1.26. The van der Waals surface area contributed by atoms with Crippen LogP contribution < -0.4 is 0 Å². The van der Waals surface area contributed by atoms with Crippen LogP contribution in [0.25, 0.3) is 5.65 Å². The molecule has 15 heavy (non-hydrogen) atoms. The number of aliphatic carboxylic acids is 1. The van der Waals surface area contributed by atoms with E-state index in [4.69, 9.17) is 5.11 Å². The van der Waals surface area contributed by atoms with E-state index in [0.717, 1.165) is 0 Å². The summed E-state index contributed by atoms with van der Waals surface area (Å²) in [6.07, 6.45) is 2.61. The Hall–Kier alpha value is -1.62. The highest BCUT2D eigenvalue weighted by Gasteiger charge is 2.05. The first kappa shape index (κ1) is 11.5. The zero-order valence-corrected chi connectivity index (χ0v) is 8.37. The van der Waals surface area contributed by atoms with Crippen molar-refractivity contribution in [3.8, 4) is 0 Å². The predicted molar refractivity (Wildman–Crippen MR) is 53.7 cm³/mol. The van der Waals surface area contributed by atoms with Gasteiger partial charge in [-0.05, 0) is 12.1 Å². The van der Waals surface area contributed by atoms with Crippen LogP contribution in [0.5, 0.6) is 0 Å². The molecule has 0 unspecified atom stereocenters. The van der Waals surface area contributed by atoms with E-state index in [-0.39, 0.29) is 24.6 Å². The molecule has 2 aromatic rings. The molecule has 0 bridgehead atoms. The number of carboxylic acid groups (broad SMARTS) is 1. The molecule has 0 spiro atoms. The molecular weight excluding hydrogens is 223 g/mol. The molecule has 0 aliphatic carbocycles. The van der Waals surface area contributed by atoms with Crippen molar-refractivity contribution in [2.24, 2.45) is 0 Å². The molecule has 0 fully saturated rings. The second-order valence-electron chi connectivity index (χ2n) is 2.92. The van der Waals surface area contributed by atoms with Crippen molar-refractivity contribution in [2.75, 3.05) is 0 Å². The number of aromatic nitrogens is 2. The zero-order chi connectivity index (χ0) is 10.1. The lowest BCUT2D eigenvalue weighted by molar-refractivity contribution is -0.136. The van der Waals surface area contributed by atoms with Gasteiger partial charge in [0.05, 0.1) is 12.1 Å². The summed E-state index contributed by atoms with van der Waals surface area (Å²) in [6, 6.07) is 2.79. The number of carboxylic acids is 1. The lowest BCUT2D eigenvalue weighted by Crippen LogP contribution is -1.99. The van der Waals surface area contributed by atoms with E-state index in [1.807, 2.05) is 0 Å². The van der Waals surface area contributed by atoms with Gasteiger partial charge in [-0.2, -0.15) is 0 Å². The molecule has 2 aromatic heterocycles. The zero-order valence-electron chi connectivity index (χ0n) is 7.55. The van der Waals surface area contributed by atoms with Gasteiger partial charge in [0, 0.05) is 12.4 Å². The third kappa shape index (κ3) is 2.44. The number of halogens is 2. The topological polar surface area (TPSA) is 54.6 Å². The molecule has 2 heterocycles. The van der Waals surface area contributed by atoms with Crippen LogP contribution in [0.1, 0.15) is 5.69 Å². The molecule has 0 saturated heterocycles. The van der Waals surface area contributed by atoms with E-state index in [1.54, 1.807) is 0 Å². The van der Waals surface area contributed by atoms with E-state index in [0.29, 0.717) is 11.3 Å². The molecule has 0 aromatic carbocycles. The summed E-state index contributed by atoms with van der Waals surface area (Å²) in [7, 11) is 0. The molecule has 0 saturated carbocycles. The highest BCUT2D eigenvalue weighted by Crippen LogP contribution is 2.07. The van der Waals surface area contributed by atoms with Gasteiger partial charge in [-0.1, -0.05) is 0 Å². The second kappa shape index (κ2) is 4.27. The largest absolute Gasteiger partial charge is 0.481 e. The summed E-state index contributed by atoms with van der Waals surface area (Å²) in [5.74, 6) is -1.33. The summed E-state index contributed by atoms with van der Waals surface area (Å²) < 4.78 is 14.2. The number of fused-ring (bicyclic) bond motifs is 1. The maximum absolute atomic E-state index is 12.7. The minimum absolute atomic E-state index is 0. The Morgan fingerprint density at radius 2 is 2.20 bits per heavy atom. The van der Waals surface area contributed by atoms with E-state index in [9.17, 15) is 9.18 Å². The molecule has 2 rings (SSSR count). The molecular formula is C9H8ClFN2O2. The third-order valence-corrected chi connectivity index (χ3v) is 1.80. The summed E-state index contributed by atoms with van der Waals surface area (Å²) >= 11 is 0. The standard InChI is InChI=1S/C9H7FN2O2.ClH/c10-6-1-2-8-11-7(3-9(13)14)5-12(8)4-6;/h1-2,4-5H,3H2,(H,13,14);1H. The number of imidazole rings is 1. The van der Waals surface area contributed by atoms with Crippen molar-refractivity contribution in [1.29, 1.82) is 0 Å². The Kier molecular flexibility index (Phi) is 3.26. The highest BCUT2D eigenvalue weighted by atomic mass is 35.5. The first-order valence-corrected chi connectivity index (χ1v) is 4.00. The summed E-state index contributed by atoms with van der Waals surface area (Å²) in [4.78, 5) is 14.4. The van der Waals surface area contributed by atoms with Gasteiger partial charge in [0.15, 0.2) is 0 Å². The molecule has 0 aliphatic rings. The fourth-order valence-corrected chi connectivity index (χ4v) is 1.26. The molecule has 6 heteroatoms. The molecule has 0 atom stereocenters. The Balaban J connectivity index is 0.00000112. The maximum Gasteiger partial charge on any atom is 0.309 e. The second-order valence-corrected chi connectivity index (χ2v) is 2.92. The number of pyridine rings is 1. The maximum atomic E-state index is 12.7. The van der Waals surface area contributed by atoms with Gasteiger partial charge in [-0.15, -0.1) is 12.4 Å². The van der Waals surface area contributed by atoms with Crippen LogP contribution in [0.2, 0.25) is 0 Å².